The van der Waals surface area contributed by atoms with Crippen LogP contribution in [0.25, 0.3) is 10.6 Å². The summed E-state index contributed by atoms with van der Waals surface area (Å²) >= 11 is 1.30. The minimum Gasteiger partial charge on any atom is -0.480 e. The van der Waals surface area contributed by atoms with Crippen LogP contribution in [0.3, 0.4) is 0 Å². The van der Waals surface area contributed by atoms with Gasteiger partial charge in [0.1, 0.15) is 17.4 Å². The second-order valence-electron chi connectivity index (χ2n) is 4.00. The minimum absolute atomic E-state index is 0.000897. The van der Waals surface area contributed by atoms with Gasteiger partial charge in [0.2, 0.25) is 5.91 Å². The fourth-order valence-electron chi connectivity index (χ4n) is 1.54. The number of hydrogen-bond donors (Lipinski definition) is 2. The molecule has 0 spiro atoms. The molecule has 7 heteroatoms. The van der Waals surface area contributed by atoms with E-state index in [-0.39, 0.29) is 12.2 Å². The molecule has 0 aliphatic heterocycles. The molecule has 0 aliphatic carbocycles. The van der Waals surface area contributed by atoms with E-state index in [0.717, 1.165) is 0 Å². The average molecular weight is 294 g/mol. The summed E-state index contributed by atoms with van der Waals surface area (Å²) in [4.78, 5) is 26.0. The number of carbonyl (C=O) groups excluding carboxylic acids is 1. The molecular formula is C13H11FN2O3S. The Morgan fingerprint density at radius 2 is 2.20 bits per heavy atom. The van der Waals surface area contributed by atoms with Crippen LogP contribution in [0.15, 0.2) is 29.6 Å². The molecule has 1 amide bonds. The van der Waals surface area contributed by atoms with Crippen molar-refractivity contribution in [3.8, 4) is 10.6 Å². The van der Waals surface area contributed by atoms with Crippen molar-refractivity contribution in [3.63, 3.8) is 0 Å². The van der Waals surface area contributed by atoms with Gasteiger partial charge >= 0.3 is 5.97 Å². The number of nitrogens with zero attached hydrogens (tertiary/aromatic N) is 1. The number of rotatable bonds is 5. The van der Waals surface area contributed by atoms with E-state index < -0.39 is 18.4 Å². The number of aliphatic carboxylic acids is 1. The molecular weight excluding hydrogens is 283 g/mol. The van der Waals surface area contributed by atoms with Crippen molar-refractivity contribution in [1.82, 2.24) is 10.3 Å². The Morgan fingerprint density at radius 1 is 1.40 bits per heavy atom. The molecule has 1 aromatic heterocycles. The smallest absolute Gasteiger partial charge is 0.322 e. The van der Waals surface area contributed by atoms with Crippen LogP contribution in [0.4, 0.5) is 4.39 Å². The average Bonchev–Trinajstić information content (AvgIpc) is 2.85. The van der Waals surface area contributed by atoms with Gasteiger partial charge in [0, 0.05) is 10.9 Å². The maximum atomic E-state index is 13.1. The SMILES string of the molecule is O=C(O)CNC(=O)Cc1csc(-c2cccc(F)c2)n1. The van der Waals surface area contributed by atoms with E-state index in [0.29, 0.717) is 16.3 Å². The molecule has 0 unspecified atom stereocenters. The van der Waals surface area contributed by atoms with Gasteiger partial charge in [-0.1, -0.05) is 12.1 Å². The van der Waals surface area contributed by atoms with Gasteiger partial charge in [-0.2, -0.15) is 0 Å². The van der Waals surface area contributed by atoms with Crippen molar-refractivity contribution in [3.05, 3.63) is 41.2 Å². The number of benzene rings is 1. The molecule has 2 N–H and O–H groups in total. The Bertz CT molecular complexity index is 642. The highest BCUT2D eigenvalue weighted by Gasteiger charge is 2.10. The standard InChI is InChI=1S/C13H11FN2O3S/c14-9-3-1-2-8(4-9)13-16-10(7-20-13)5-11(17)15-6-12(18)19/h1-4,7H,5-6H2,(H,15,17)(H,18,19). The van der Waals surface area contributed by atoms with Gasteiger partial charge < -0.3 is 10.4 Å². The van der Waals surface area contributed by atoms with Crippen molar-refractivity contribution in [1.29, 1.82) is 0 Å². The molecule has 0 saturated carbocycles. The van der Waals surface area contributed by atoms with E-state index in [1.54, 1.807) is 17.5 Å². The van der Waals surface area contributed by atoms with E-state index in [4.69, 9.17) is 5.11 Å². The summed E-state index contributed by atoms with van der Waals surface area (Å²) in [6, 6.07) is 6.03. The van der Waals surface area contributed by atoms with Crippen molar-refractivity contribution >= 4 is 23.2 Å². The summed E-state index contributed by atoms with van der Waals surface area (Å²) in [5.74, 6) is -1.86. The van der Waals surface area contributed by atoms with E-state index in [2.05, 4.69) is 10.3 Å². The van der Waals surface area contributed by atoms with Gasteiger partial charge in [0.05, 0.1) is 12.1 Å². The zero-order valence-corrected chi connectivity index (χ0v) is 11.1. The molecule has 104 valence electrons. The number of carboxylic acids is 1. The molecule has 1 aromatic carbocycles. The molecule has 20 heavy (non-hydrogen) atoms. The Labute approximate surface area is 118 Å². The third-order valence-electron chi connectivity index (χ3n) is 2.40. The fraction of sp³-hybridized carbons (Fsp3) is 0.154. The van der Waals surface area contributed by atoms with Crippen molar-refractivity contribution in [2.45, 2.75) is 6.42 Å². The number of amides is 1. The third kappa shape index (κ3) is 3.86. The van der Waals surface area contributed by atoms with Gasteiger partial charge in [0.15, 0.2) is 0 Å². The number of aromatic nitrogens is 1. The van der Waals surface area contributed by atoms with E-state index >= 15 is 0 Å². The number of thiazole rings is 1. The third-order valence-corrected chi connectivity index (χ3v) is 3.34. The molecule has 0 bridgehead atoms. The second-order valence-corrected chi connectivity index (χ2v) is 4.86. The van der Waals surface area contributed by atoms with Crippen molar-refractivity contribution < 1.29 is 19.1 Å². The lowest BCUT2D eigenvalue weighted by Crippen LogP contribution is -2.30. The lowest BCUT2D eigenvalue weighted by Gasteiger charge is -1.99. The first-order valence-electron chi connectivity index (χ1n) is 5.73. The second kappa shape index (κ2) is 6.25. The summed E-state index contributed by atoms with van der Waals surface area (Å²) in [5, 5.41) is 13.0. The summed E-state index contributed by atoms with van der Waals surface area (Å²) in [5.41, 5.74) is 1.17. The first-order chi connectivity index (χ1) is 9.54. The summed E-state index contributed by atoms with van der Waals surface area (Å²) in [6.45, 7) is -0.417. The lowest BCUT2D eigenvalue weighted by molar-refractivity contribution is -0.137. The largest absolute Gasteiger partial charge is 0.480 e. The van der Waals surface area contributed by atoms with Crippen LogP contribution < -0.4 is 5.32 Å². The zero-order chi connectivity index (χ0) is 14.5. The minimum atomic E-state index is -1.10. The summed E-state index contributed by atoms with van der Waals surface area (Å²) in [6.07, 6.45) is -0.000897. The van der Waals surface area contributed by atoms with Crippen LogP contribution >= 0.6 is 11.3 Å². The van der Waals surface area contributed by atoms with Gasteiger partial charge in [-0.25, -0.2) is 9.37 Å². The monoisotopic (exact) mass is 294 g/mol. The van der Waals surface area contributed by atoms with E-state index in [1.807, 2.05) is 0 Å². The van der Waals surface area contributed by atoms with Gasteiger partial charge in [-0.3, -0.25) is 9.59 Å². The van der Waals surface area contributed by atoms with Crippen LogP contribution in [0.2, 0.25) is 0 Å². The van der Waals surface area contributed by atoms with Crippen LogP contribution in [0.1, 0.15) is 5.69 Å². The number of hydrogen-bond acceptors (Lipinski definition) is 4. The molecule has 0 fully saturated rings. The van der Waals surface area contributed by atoms with Gasteiger partial charge in [-0.05, 0) is 12.1 Å². The summed E-state index contributed by atoms with van der Waals surface area (Å²) < 4.78 is 13.1. The first-order valence-corrected chi connectivity index (χ1v) is 6.61. The zero-order valence-electron chi connectivity index (χ0n) is 10.3. The van der Waals surface area contributed by atoms with E-state index in [1.165, 1.54) is 23.5 Å². The van der Waals surface area contributed by atoms with Crippen LogP contribution in [0.5, 0.6) is 0 Å². The highest BCUT2D eigenvalue weighted by atomic mass is 32.1. The highest BCUT2D eigenvalue weighted by molar-refractivity contribution is 7.13. The molecule has 2 aromatic rings. The quantitative estimate of drug-likeness (QED) is 0.879. The maximum Gasteiger partial charge on any atom is 0.322 e. The highest BCUT2D eigenvalue weighted by Crippen LogP contribution is 2.24. The fourth-order valence-corrected chi connectivity index (χ4v) is 2.36. The molecule has 0 saturated heterocycles. The number of carbonyl (C=O) groups is 2. The molecule has 0 aliphatic rings. The molecule has 5 nitrogen and oxygen atoms in total. The number of carboxylic acid groups (broad SMARTS) is 1. The van der Waals surface area contributed by atoms with Crippen LogP contribution in [-0.2, 0) is 16.0 Å². The number of halogens is 1. The summed E-state index contributed by atoms with van der Waals surface area (Å²) in [7, 11) is 0. The Morgan fingerprint density at radius 3 is 2.90 bits per heavy atom. The van der Waals surface area contributed by atoms with Crippen molar-refractivity contribution in [2.24, 2.45) is 0 Å². The predicted octanol–water partition coefficient (Wildman–Crippen LogP) is 1.69. The van der Waals surface area contributed by atoms with Crippen molar-refractivity contribution in [2.75, 3.05) is 6.54 Å². The Hall–Kier alpha value is -2.28. The topological polar surface area (TPSA) is 79.3 Å². The molecule has 0 atom stereocenters. The van der Waals surface area contributed by atoms with Crippen LogP contribution in [0, 0.1) is 5.82 Å². The number of nitrogens with one attached hydrogen (secondary N) is 1. The lowest BCUT2D eigenvalue weighted by atomic mass is 10.2. The molecule has 2 rings (SSSR count). The maximum absolute atomic E-state index is 13.1. The first kappa shape index (κ1) is 14.1. The van der Waals surface area contributed by atoms with Gasteiger partial charge in [-0.15, -0.1) is 11.3 Å². The molecule has 1 heterocycles. The molecule has 0 radical (unpaired) electrons. The Kier molecular flexibility index (Phi) is 4.41. The van der Waals surface area contributed by atoms with Gasteiger partial charge in [0.25, 0.3) is 0 Å². The Balaban J connectivity index is 2.02. The normalized spacial score (nSPS) is 10.2. The van der Waals surface area contributed by atoms with E-state index in [9.17, 15) is 14.0 Å². The predicted molar refractivity (Wildman–Crippen MR) is 71.9 cm³/mol. The van der Waals surface area contributed by atoms with Crippen LogP contribution in [-0.4, -0.2) is 28.5 Å².